The van der Waals surface area contributed by atoms with Crippen molar-refractivity contribution in [2.45, 2.75) is 19.5 Å². The zero-order chi connectivity index (χ0) is 9.97. The molecule has 1 fully saturated rings. The molecule has 1 saturated heterocycles. The molecule has 0 amide bonds. The molecule has 78 valence electrons. The van der Waals surface area contributed by atoms with E-state index < -0.39 is 0 Å². The summed E-state index contributed by atoms with van der Waals surface area (Å²) in [6, 6.07) is 0.392. The van der Waals surface area contributed by atoms with Gasteiger partial charge in [0, 0.05) is 38.6 Å². The first-order valence-corrected chi connectivity index (χ1v) is 5.24. The van der Waals surface area contributed by atoms with Crippen LogP contribution in [0.5, 0.6) is 0 Å². The highest BCUT2D eigenvalue weighted by molar-refractivity contribution is 5.01. The van der Waals surface area contributed by atoms with E-state index in [1.165, 1.54) is 5.82 Å². The Bertz CT molecular complexity index is 294. The minimum atomic E-state index is 0.392. The summed E-state index contributed by atoms with van der Waals surface area (Å²) in [6.45, 7) is 6.38. The van der Waals surface area contributed by atoms with E-state index in [4.69, 9.17) is 0 Å². The number of piperazine rings is 1. The summed E-state index contributed by atoms with van der Waals surface area (Å²) in [7, 11) is 2.16. The standard InChI is InChI=1S/C10H18N4/c1-3-14-7-5-12-10(14)9-8-13(2)6-4-11-9/h5,7,9,11H,3-4,6,8H2,1-2H3. The Balaban J connectivity index is 2.13. The Morgan fingerprint density at radius 3 is 3.21 bits per heavy atom. The lowest BCUT2D eigenvalue weighted by molar-refractivity contribution is 0.232. The molecule has 14 heavy (non-hydrogen) atoms. The second kappa shape index (κ2) is 4.11. The van der Waals surface area contributed by atoms with Gasteiger partial charge in [0.05, 0.1) is 6.04 Å². The molecule has 2 heterocycles. The Morgan fingerprint density at radius 2 is 2.50 bits per heavy atom. The topological polar surface area (TPSA) is 33.1 Å². The fourth-order valence-corrected chi connectivity index (χ4v) is 1.97. The largest absolute Gasteiger partial charge is 0.334 e. The minimum Gasteiger partial charge on any atom is -0.334 e. The molecule has 0 saturated carbocycles. The van der Waals surface area contributed by atoms with Crippen LogP contribution in [-0.2, 0) is 6.54 Å². The fraction of sp³-hybridized carbons (Fsp3) is 0.700. The van der Waals surface area contributed by atoms with Gasteiger partial charge in [0.25, 0.3) is 0 Å². The first kappa shape index (κ1) is 9.68. The molecule has 2 rings (SSSR count). The SMILES string of the molecule is CCn1ccnc1C1CN(C)CCN1. The number of hydrogen-bond acceptors (Lipinski definition) is 3. The van der Waals surface area contributed by atoms with Crippen molar-refractivity contribution in [2.75, 3.05) is 26.7 Å². The molecule has 1 aromatic rings. The van der Waals surface area contributed by atoms with E-state index in [-0.39, 0.29) is 0 Å². The monoisotopic (exact) mass is 194 g/mol. The van der Waals surface area contributed by atoms with Gasteiger partial charge in [-0.25, -0.2) is 4.98 Å². The number of hydrogen-bond donors (Lipinski definition) is 1. The average Bonchev–Trinajstić information content (AvgIpc) is 2.65. The van der Waals surface area contributed by atoms with E-state index in [1.807, 2.05) is 12.4 Å². The minimum absolute atomic E-state index is 0.392. The number of rotatable bonds is 2. The summed E-state index contributed by atoms with van der Waals surface area (Å²) in [5, 5.41) is 3.50. The van der Waals surface area contributed by atoms with Crippen molar-refractivity contribution in [3.05, 3.63) is 18.2 Å². The molecule has 1 unspecified atom stereocenters. The molecule has 1 N–H and O–H groups in total. The van der Waals surface area contributed by atoms with Gasteiger partial charge in [-0.2, -0.15) is 0 Å². The highest BCUT2D eigenvalue weighted by Gasteiger charge is 2.21. The van der Waals surface area contributed by atoms with Crippen LogP contribution < -0.4 is 5.32 Å². The normalized spacial score (nSPS) is 24.0. The Labute approximate surface area is 84.9 Å². The first-order valence-electron chi connectivity index (χ1n) is 5.24. The summed E-state index contributed by atoms with van der Waals surface area (Å²) in [6.07, 6.45) is 3.93. The molecule has 0 radical (unpaired) electrons. The number of likely N-dealkylation sites (N-methyl/N-ethyl adjacent to an activating group) is 1. The second-order valence-corrected chi connectivity index (χ2v) is 3.84. The summed E-state index contributed by atoms with van der Waals surface area (Å²) in [5.74, 6) is 1.17. The van der Waals surface area contributed by atoms with Crippen molar-refractivity contribution in [3.63, 3.8) is 0 Å². The van der Waals surface area contributed by atoms with Crippen LogP contribution in [0.2, 0.25) is 0 Å². The summed E-state index contributed by atoms with van der Waals surface area (Å²) >= 11 is 0. The van der Waals surface area contributed by atoms with Crippen molar-refractivity contribution in [1.29, 1.82) is 0 Å². The number of aromatic nitrogens is 2. The van der Waals surface area contributed by atoms with E-state index in [9.17, 15) is 0 Å². The highest BCUT2D eigenvalue weighted by atomic mass is 15.2. The maximum Gasteiger partial charge on any atom is 0.127 e. The fourth-order valence-electron chi connectivity index (χ4n) is 1.97. The maximum atomic E-state index is 4.42. The number of aryl methyl sites for hydroxylation is 1. The van der Waals surface area contributed by atoms with Crippen molar-refractivity contribution >= 4 is 0 Å². The first-order chi connectivity index (χ1) is 6.81. The van der Waals surface area contributed by atoms with Crippen LogP contribution in [-0.4, -0.2) is 41.1 Å². The van der Waals surface area contributed by atoms with Crippen LogP contribution in [0.4, 0.5) is 0 Å². The third-order valence-electron chi connectivity index (χ3n) is 2.78. The van der Waals surface area contributed by atoms with Crippen LogP contribution in [0.15, 0.2) is 12.4 Å². The third-order valence-corrected chi connectivity index (χ3v) is 2.78. The van der Waals surface area contributed by atoms with Crippen molar-refractivity contribution in [3.8, 4) is 0 Å². The van der Waals surface area contributed by atoms with Crippen LogP contribution in [0.25, 0.3) is 0 Å². The van der Waals surface area contributed by atoms with Gasteiger partial charge in [0.2, 0.25) is 0 Å². The zero-order valence-electron chi connectivity index (χ0n) is 8.90. The van der Waals surface area contributed by atoms with Gasteiger partial charge in [-0.3, -0.25) is 0 Å². The molecule has 0 aromatic carbocycles. The van der Waals surface area contributed by atoms with Crippen LogP contribution in [0.3, 0.4) is 0 Å². The van der Waals surface area contributed by atoms with Crippen LogP contribution in [0.1, 0.15) is 18.8 Å². The molecule has 0 spiro atoms. The van der Waals surface area contributed by atoms with E-state index in [2.05, 4.69) is 33.7 Å². The van der Waals surface area contributed by atoms with Gasteiger partial charge in [-0.05, 0) is 14.0 Å². The molecule has 4 heteroatoms. The molecule has 1 atom stereocenters. The van der Waals surface area contributed by atoms with Gasteiger partial charge in [0.1, 0.15) is 5.82 Å². The van der Waals surface area contributed by atoms with Crippen molar-refractivity contribution in [1.82, 2.24) is 19.8 Å². The predicted molar refractivity (Wildman–Crippen MR) is 56.1 cm³/mol. The smallest absolute Gasteiger partial charge is 0.127 e. The maximum absolute atomic E-state index is 4.42. The summed E-state index contributed by atoms with van der Waals surface area (Å²) in [5.41, 5.74) is 0. The lowest BCUT2D eigenvalue weighted by Gasteiger charge is -2.30. The second-order valence-electron chi connectivity index (χ2n) is 3.84. The lowest BCUT2D eigenvalue weighted by Crippen LogP contribution is -2.44. The van der Waals surface area contributed by atoms with Gasteiger partial charge >= 0.3 is 0 Å². The molecular formula is C10H18N4. The van der Waals surface area contributed by atoms with Gasteiger partial charge in [-0.1, -0.05) is 0 Å². The average molecular weight is 194 g/mol. The molecule has 4 nitrogen and oxygen atoms in total. The van der Waals surface area contributed by atoms with Crippen molar-refractivity contribution < 1.29 is 0 Å². The van der Waals surface area contributed by atoms with Crippen LogP contribution >= 0.6 is 0 Å². The highest BCUT2D eigenvalue weighted by Crippen LogP contribution is 2.14. The Hall–Kier alpha value is -0.870. The molecule has 1 aromatic heterocycles. The number of nitrogens with one attached hydrogen (secondary N) is 1. The Morgan fingerprint density at radius 1 is 1.64 bits per heavy atom. The summed E-state index contributed by atoms with van der Waals surface area (Å²) in [4.78, 5) is 6.76. The van der Waals surface area contributed by atoms with Gasteiger partial charge < -0.3 is 14.8 Å². The number of nitrogens with zero attached hydrogens (tertiary/aromatic N) is 3. The Kier molecular flexibility index (Phi) is 2.84. The van der Waals surface area contributed by atoms with Gasteiger partial charge in [0.15, 0.2) is 0 Å². The zero-order valence-corrected chi connectivity index (χ0v) is 8.90. The quantitative estimate of drug-likeness (QED) is 0.743. The molecule has 0 bridgehead atoms. The van der Waals surface area contributed by atoms with E-state index in [0.29, 0.717) is 6.04 Å². The number of imidazole rings is 1. The van der Waals surface area contributed by atoms with Crippen LogP contribution in [0, 0.1) is 0 Å². The summed E-state index contributed by atoms with van der Waals surface area (Å²) < 4.78 is 2.21. The molecule has 1 aliphatic heterocycles. The molecule has 0 aliphatic carbocycles. The van der Waals surface area contributed by atoms with E-state index >= 15 is 0 Å². The van der Waals surface area contributed by atoms with Gasteiger partial charge in [-0.15, -0.1) is 0 Å². The van der Waals surface area contributed by atoms with E-state index in [0.717, 1.165) is 26.2 Å². The van der Waals surface area contributed by atoms with E-state index in [1.54, 1.807) is 0 Å². The lowest BCUT2D eigenvalue weighted by atomic mass is 10.2. The predicted octanol–water partition coefficient (Wildman–Crippen LogP) is 0.479. The third kappa shape index (κ3) is 1.81. The molecule has 1 aliphatic rings. The molecular weight excluding hydrogens is 176 g/mol. The van der Waals surface area contributed by atoms with Crippen molar-refractivity contribution in [2.24, 2.45) is 0 Å².